The van der Waals surface area contributed by atoms with E-state index in [1.54, 1.807) is 0 Å². The lowest BCUT2D eigenvalue weighted by molar-refractivity contribution is -0.277. The van der Waals surface area contributed by atoms with Crippen LogP contribution in [0.1, 0.15) is 6.92 Å². The van der Waals surface area contributed by atoms with Crippen molar-refractivity contribution in [3.8, 4) is 0 Å². The number of rotatable bonds is 0. The third kappa shape index (κ3) is 1.52. The highest BCUT2D eigenvalue weighted by molar-refractivity contribution is 4.86. The van der Waals surface area contributed by atoms with Gasteiger partial charge in [0.2, 0.25) is 0 Å². The normalized spacial score (nSPS) is 52.6. The largest absolute Gasteiger partial charge is 0.388 e. The fraction of sp³-hybridized carbons (Fsp3) is 1.00. The van der Waals surface area contributed by atoms with Crippen LogP contribution in [0, 0.1) is 0 Å². The molecule has 1 unspecified atom stereocenters. The molecule has 11 heavy (non-hydrogen) atoms. The molecule has 66 valence electrons. The molecular formula is C6H12O5. The van der Waals surface area contributed by atoms with Crippen molar-refractivity contribution in [2.24, 2.45) is 0 Å². The van der Waals surface area contributed by atoms with Gasteiger partial charge in [0.15, 0.2) is 6.29 Å². The van der Waals surface area contributed by atoms with Crippen molar-refractivity contribution in [2.75, 3.05) is 0 Å². The molecule has 0 spiro atoms. The molecule has 0 amide bonds. The van der Waals surface area contributed by atoms with E-state index in [0.717, 1.165) is 0 Å². The molecule has 1 fully saturated rings. The van der Waals surface area contributed by atoms with E-state index in [-0.39, 0.29) is 0 Å². The third-order valence-corrected chi connectivity index (χ3v) is 1.83. The maximum absolute atomic E-state index is 9.09. The van der Waals surface area contributed by atoms with Gasteiger partial charge < -0.3 is 25.2 Å². The summed E-state index contributed by atoms with van der Waals surface area (Å²) in [5, 5.41) is 36.0. The fourth-order valence-electron chi connectivity index (χ4n) is 1.03. The Kier molecular flexibility index (Phi) is 2.46. The minimum absolute atomic E-state index is 0.664. The zero-order valence-electron chi connectivity index (χ0n) is 6.08. The highest BCUT2D eigenvalue weighted by atomic mass is 16.6. The van der Waals surface area contributed by atoms with Crippen LogP contribution in [-0.4, -0.2) is 51.1 Å². The third-order valence-electron chi connectivity index (χ3n) is 1.83. The van der Waals surface area contributed by atoms with Gasteiger partial charge in [0.25, 0.3) is 0 Å². The monoisotopic (exact) mass is 164 g/mol. The molecular weight excluding hydrogens is 152 g/mol. The number of hydrogen-bond acceptors (Lipinski definition) is 5. The Balaban J connectivity index is 2.63. The van der Waals surface area contributed by atoms with Crippen molar-refractivity contribution >= 4 is 0 Å². The highest BCUT2D eigenvalue weighted by Gasteiger charge is 2.40. The lowest BCUT2D eigenvalue weighted by Gasteiger charge is -2.36. The Morgan fingerprint density at radius 2 is 1.45 bits per heavy atom. The molecule has 4 N–H and O–H groups in total. The van der Waals surface area contributed by atoms with Crippen LogP contribution < -0.4 is 0 Å². The first-order valence-corrected chi connectivity index (χ1v) is 3.41. The second-order valence-electron chi connectivity index (χ2n) is 2.70. The first-order chi connectivity index (χ1) is 5.04. The minimum atomic E-state index is -1.43. The summed E-state index contributed by atoms with van der Waals surface area (Å²) in [6, 6.07) is 0. The van der Waals surface area contributed by atoms with Gasteiger partial charge in [-0.3, -0.25) is 0 Å². The standard InChI is InChI=1S/C6H12O5/c1-2-3(7)4(8)5(9)6(10)11-2/h2-10H,1H3/t2-,3-,4?,5+,6+/m0/s1. The van der Waals surface area contributed by atoms with E-state index in [2.05, 4.69) is 4.74 Å². The molecule has 0 aromatic rings. The fourth-order valence-corrected chi connectivity index (χ4v) is 1.03. The Morgan fingerprint density at radius 1 is 0.909 bits per heavy atom. The maximum Gasteiger partial charge on any atom is 0.183 e. The van der Waals surface area contributed by atoms with Crippen LogP contribution in [0.15, 0.2) is 0 Å². The zero-order chi connectivity index (χ0) is 8.59. The molecule has 1 aliphatic rings. The molecule has 0 aliphatic carbocycles. The van der Waals surface area contributed by atoms with E-state index in [1.165, 1.54) is 6.92 Å². The molecule has 5 heteroatoms. The number of hydrogen-bond donors (Lipinski definition) is 4. The predicted octanol–water partition coefficient (Wildman–Crippen LogP) is -2.19. The minimum Gasteiger partial charge on any atom is -0.388 e. The molecule has 0 bridgehead atoms. The summed E-state index contributed by atoms with van der Waals surface area (Å²) in [5.41, 5.74) is 0. The molecule has 5 nitrogen and oxygen atoms in total. The summed E-state index contributed by atoms with van der Waals surface area (Å²) in [4.78, 5) is 0. The van der Waals surface area contributed by atoms with Crippen LogP contribution in [0.25, 0.3) is 0 Å². The Bertz CT molecular complexity index is 125. The van der Waals surface area contributed by atoms with E-state index in [0.29, 0.717) is 0 Å². The van der Waals surface area contributed by atoms with Gasteiger partial charge >= 0.3 is 0 Å². The van der Waals surface area contributed by atoms with Gasteiger partial charge in [-0.25, -0.2) is 0 Å². The van der Waals surface area contributed by atoms with Gasteiger partial charge in [0.1, 0.15) is 18.3 Å². The van der Waals surface area contributed by atoms with E-state index < -0.39 is 30.7 Å². The summed E-state index contributed by atoms with van der Waals surface area (Å²) in [7, 11) is 0. The van der Waals surface area contributed by atoms with Crippen LogP contribution in [0.2, 0.25) is 0 Å². The summed E-state index contributed by atoms with van der Waals surface area (Å²) in [6.07, 6.45) is -5.99. The van der Waals surface area contributed by atoms with Crippen LogP contribution in [-0.2, 0) is 4.74 Å². The van der Waals surface area contributed by atoms with Crippen molar-refractivity contribution in [3.05, 3.63) is 0 Å². The number of aliphatic hydroxyl groups excluding tert-OH is 4. The zero-order valence-corrected chi connectivity index (χ0v) is 6.08. The van der Waals surface area contributed by atoms with E-state index in [4.69, 9.17) is 20.4 Å². The van der Waals surface area contributed by atoms with Crippen molar-refractivity contribution < 1.29 is 25.2 Å². The average Bonchev–Trinajstić information content (AvgIpc) is 1.97. The molecule has 0 aromatic carbocycles. The van der Waals surface area contributed by atoms with Gasteiger partial charge in [0, 0.05) is 0 Å². The predicted molar refractivity (Wildman–Crippen MR) is 34.6 cm³/mol. The van der Waals surface area contributed by atoms with Gasteiger partial charge in [-0.2, -0.15) is 0 Å². The van der Waals surface area contributed by atoms with Crippen LogP contribution in [0.3, 0.4) is 0 Å². The van der Waals surface area contributed by atoms with E-state index in [1.807, 2.05) is 0 Å². The topological polar surface area (TPSA) is 90.2 Å². The maximum atomic E-state index is 9.09. The van der Waals surface area contributed by atoms with Crippen molar-refractivity contribution in [3.63, 3.8) is 0 Å². The second-order valence-corrected chi connectivity index (χ2v) is 2.70. The first kappa shape index (κ1) is 8.89. The van der Waals surface area contributed by atoms with Gasteiger partial charge in [0.05, 0.1) is 6.10 Å². The van der Waals surface area contributed by atoms with Gasteiger partial charge in [-0.05, 0) is 6.92 Å². The number of aliphatic hydroxyl groups is 4. The molecule has 5 atom stereocenters. The quantitative estimate of drug-likeness (QED) is 0.326. The molecule has 1 saturated heterocycles. The van der Waals surface area contributed by atoms with Gasteiger partial charge in [-0.15, -0.1) is 0 Å². The van der Waals surface area contributed by atoms with Crippen molar-refractivity contribution in [2.45, 2.75) is 37.6 Å². The first-order valence-electron chi connectivity index (χ1n) is 3.41. The molecule has 1 aliphatic heterocycles. The second kappa shape index (κ2) is 3.04. The molecule has 0 aromatic heterocycles. The SMILES string of the molecule is C[C@@H]1O[C@@H](O)[C@H](O)C(O)[C@H]1O. The summed E-state index contributed by atoms with van der Waals surface area (Å²) < 4.78 is 4.68. The Hall–Kier alpha value is -0.200. The van der Waals surface area contributed by atoms with E-state index in [9.17, 15) is 0 Å². The average molecular weight is 164 g/mol. The van der Waals surface area contributed by atoms with Crippen LogP contribution >= 0.6 is 0 Å². The molecule has 1 heterocycles. The summed E-state index contributed by atoms with van der Waals surface area (Å²) in [6.45, 7) is 1.50. The lowest BCUT2D eigenvalue weighted by atomic mass is 10.0. The Labute approximate surface area is 63.8 Å². The van der Waals surface area contributed by atoms with E-state index >= 15 is 0 Å². The van der Waals surface area contributed by atoms with Crippen LogP contribution in [0.5, 0.6) is 0 Å². The van der Waals surface area contributed by atoms with Crippen molar-refractivity contribution in [1.29, 1.82) is 0 Å². The smallest absolute Gasteiger partial charge is 0.183 e. The summed E-state index contributed by atoms with van der Waals surface area (Å²) in [5.74, 6) is 0. The highest BCUT2D eigenvalue weighted by Crippen LogP contribution is 2.18. The van der Waals surface area contributed by atoms with Crippen molar-refractivity contribution in [1.82, 2.24) is 0 Å². The lowest BCUT2D eigenvalue weighted by Crippen LogP contribution is -2.56. The summed E-state index contributed by atoms with van der Waals surface area (Å²) >= 11 is 0. The molecule has 0 radical (unpaired) electrons. The molecule has 0 saturated carbocycles. The number of ether oxygens (including phenoxy) is 1. The molecule has 1 rings (SSSR count). The van der Waals surface area contributed by atoms with Gasteiger partial charge in [-0.1, -0.05) is 0 Å². The van der Waals surface area contributed by atoms with Crippen LogP contribution in [0.4, 0.5) is 0 Å². The Morgan fingerprint density at radius 3 is 2.00 bits per heavy atom.